The Labute approximate surface area is 261 Å². The van der Waals surface area contributed by atoms with E-state index < -0.39 is 0 Å². The van der Waals surface area contributed by atoms with Crippen molar-refractivity contribution in [1.82, 2.24) is 4.90 Å². The van der Waals surface area contributed by atoms with Crippen LogP contribution >= 0.6 is 22.5 Å². The van der Waals surface area contributed by atoms with E-state index in [2.05, 4.69) is 35.6 Å². The molecule has 2 rings (SSSR count). The van der Waals surface area contributed by atoms with E-state index in [1.54, 1.807) is 10.8 Å². The maximum absolute atomic E-state index is 12.3. The number of thiol groups is 1. The molecule has 0 amide bonds. The number of hydrogen-bond donors (Lipinski definition) is 1. The van der Waals surface area contributed by atoms with Crippen LogP contribution in [0.4, 0.5) is 0 Å². The first-order chi connectivity index (χ1) is 20.2. The van der Waals surface area contributed by atoms with E-state index >= 15 is 0 Å². The predicted molar refractivity (Wildman–Crippen MR) is 181 cm³/mol. The number of carbonyl (C=O) groups is 1. The Morgan fingerprint density at radius 1 is 0.878 bits per heavy atom. The van der Waals surface area contributed by atoms with Gasteiger partial charge in [-0.15, -0.1) is 11.7 Å². The van der Waals surface area contributed by atoms with Crippen LogP contribution in [0, 0.1) is 5.92 Å². The quantitative estimate of drug-likeness (QED) is 0.0395. The van der Waals surface area contributed by atoms with Crippen LogP contribution in [-0.4, -0.2) is 49.5 Å². The van der Waals surface area contributed by atoms with Gasteiger partial charge in [-0.25, -0.2) is 0 Å². The van der Waals surface area contributed by atoms with Gasteiger partial charge >= 0.3 is 5.97 Å². The molecule has 0 saturated carbocycles. The van der Waals surface area contributed by atoms with Crippen molar-refractivity contribution < 1.29 is 14.3 Å². The third-order valence-electron chi connectivity index (χ3n) is 8.19. The first-order valence-corrected chi connectivity index (χ1v) is 18.8. The van der Waals surface area contributed by atoms with Crippen LogP contribution < -0.4 is 4.74 Å². The Morgan fingerprint density at radius 3 is 2.12 bits per heavy atom. The maximum Gasteiger partial charge on any atom is 0.310 e. The zero-order valence-corrected chi connectivity index (χ0v) is 27.8. The van der Waals surface area contributed by atoms with Gasteiger partial charge in [-0.2, -0.15) is 0 Å². The number of rotatable bonds is 25. The van der Waals surface area contributed by atoms with Crippen molar-refractivity contribution in [3.63, 3.8) is 0 Å². The van der Waals surface area contributed by atoms with Crippen molar-refractivity contribution in [1.29, 1.82) is 0 Å². The fraction of sp³-hybridized carbons (Fsp3) is 0.743. The second-order valence-corrected chi connectivity index (χ2v) is 13.2. The molecule has 0 bridgehead atoms. The van der Waals surface area contributed by atoms with Gasteiger partial charge in [0.25, 0.3) is 0 Å². The predicted octanol–water partition coefficient (Wildman–Crippen LogP) is 9.87. The van der Waals surface area contributed by atoms with Gasteiger partial charge in [-0.3, -0.25) is 4.79 Å². The summed E-state index contributed by atoms with van der Waals surface area (Å²) in [4.78, 5) is 14.8. The molecule has 1 aromatic carbocycles. The molecule has 0 radical (unpaired) electrons. The van der Waals surface area contributed by atoms with Crippen molar-refractivity contribution in [3.8, 4) is 5.75 Å². The molecule has 1 fully saturated rings. The molecule has 1 saturated heterocycles. The summed E-state index contributed by atoms with van der Waals surface area (Å²) in [6.45, 7) is 7.00. The van der Waals surface area contributed by atoms with Crippen molar-refractivity contribution in [2.75, 3.05) is 38.6 Å². The fourth-order valence-corrected chi connectivity index (χ4v) is 6.05. The highest BCUT2D eigenvalue weighted by Gasteiger charge is 2.19. The van der Waals surface area contributed by atoms with Gasteiger partial charge < -0.3 is 14.4 Å². The molecule has 0 N–H and O–H groups in total. The van der Waals surface area contributed by atoms with Crippen LogP contribution in [0.15, 0.2) is 36.4 Å². The zero-order chi connectivity index (χ0) is 29.2. The van der Waals surface area contributed by atoms with Gasteiger partial charge in [-0.05, 0) is 88.1 Å². The van der Waals surface area contributed by atoms with Crippen LogP contribution in [0.5, 0.6) is 5.75 Å². The first-order valence-electron chi connectivity index (χ1n) is 16.7. The molecular formula is C35H59NO3S2. The minimum absolute atomic E-state index is 0.133. The molecule has 4 nitrogen and oxygen atoms in total. The smallest absolute Gasteiger partial charge is 0.310 e. The van der Waals surface area contributed by atoms with Gasteiger partial charge in [0.15, 0.2) is 0 Å². The van der Waals surface area contributed by atoms with E-state index in [0.29, 0.717) is 18.9 Å². The average molecular weight is 606 g/mol. The standard InChI is InChI=1S/C35H59NO3S2/c1-2-3-4-5-6-7-8-9-10-11-12-13-14-15-16-17-28-38-34-20-18-33(19-21-34)31-35(37)39-29-24-32-22-25-36(26-23-32)27-30-41-40/h9-10,18-21,32,40H,2-8,11-17,22-31H2,1H3/b10-9-. The highest BCUT2D eigenvalue weighted by atomic mass is 33.1. The third kappa shape index (κ3) is 19.7. The minimum atomic E-state index is -0.133. The second kappa shape index (κ2) is 25.4. The number of benzene rings is 1. The number of piperidine rings is 1. The van der Waals surface area contributed by atoms with Gasteiger partial charge in [0.05, 0.1) is 19.6 Å². The molecule has 0 spiro atoms. The SMILES string of the molecule is CCCCCCCC/C=C\CCCCCCCCOc1ccc(CC(=O)OCCC2CCN(CCSS)CC2)cc1. The summed E-state index contributed by atoms with van der Waals surface area (Å²) >= 11 is 4.22. The highest BCUT2D eigenvalue weighted by molar-refractivity contribution is 8.68. The first kappa shape index (κ1) is 36.1. The number of ether oxygens (including phenoxy) is 2. The summed E-state index contributed by atoms with van der Waals surface area (Å²) in [5.74, 6) is 2.50. The summed E-state index contributed by atoms with van der Waals surface area (Å²) in [5, 5.41) is 0. The molecule has 1 aliphatic rings. The number of unbranched alkanes of at least 4 members (excludes halogenated alkanes) is 12. The molecule has 234 valence electrons. The Kier molecular flexibility index (Phi) is 22.3. The second-order valence-electron chi connectivity index (χ2n) is 11.7. The van der Waals surface area contributed by atoms with E-state index in [4.69, 9.17) is 9.47 Å². The molecule has 1 aromatic rings. The van der Waals surface area contributed by atoms with E-state index in [1.165, 1.54) is 96.3 Å². The van der Waals surface area contributed by atoms with Gasteiger partial charge in [0.1, 0.15) is 5.75 Å². The molecule has 0 atom stereocenters. The number of allylic oxidation sites excluding steroid dienone is 2. The molecule has 0 aliphatic carbocycles. The van der Waals surface area contributed by atoms with E-state index in [-0.39, 0.29) is 5.97 Å². The van der Waals surface area contributed by atoms with Crippen LogP contribution in [0.1, 0.15) is 122 Å². The van der Waals surface area contributed by atoms with E-state index in [9.17, 15) is 4.79 Å². The summed E-state index contributed by atoms with van der Waals surface area (Å²) in [7, 11) is 1.61. The third-order valence-corrected chi connectivity index (χ3v) is 9.10. The van der Waals surface area contributed by atoms with Gasteiger partial charge in [0, 0.05) is 12.3 Å². The summed E-state index contributed by atoms with van der Waals surface area (Å²) in [6, 6.07) is 7.92. The Bertz CT molecular complexity index is 778. The van der Waals surface area contributed by atoms with Crippen molar-refractivity contribution in [2.45, 2.75) is 122 Å². The van der Waals surface area contributed by atoms with Crippen molar-refractivity contribution in [3.05, 3.63) is 42.0 Å². The minimum Gasteiger partial charge on any atom is -0.494 e. The summed E-state index contributed by atoms with van der Waals surface area (Å²) in [6.07, 6.45) is 26.9. The van der Waals surface area contributed by atoms with Gasteiger partial charge in [-0.1, -0.05) is 99.8 Å². The number of carbonyl (C=O) groups excluding carboxylic acids is 1. The lowest BCUT2D eigenvalue weighted by molar-refractivity contribution is -0.143. The Hall–Kier alpha value is -1.11. The highest BCUT2D eigenvalue weighted by Crippen LogP contribution is 2.21. The molecule has 1 heterocycles. The molecule has 0 unspecified atom stereocenters. The molecule has 6 heteroatoms. The Morgan fingerprint density at radius 2 is 1.49 bits per heavy atom. The fourth-order valence-electron chi connectivity index (χ4n) is 5.47. The molecular weight excluding hydrogens is 547 g/mol. The van der Waals surface area contributed by atoms with Crippen LogP contribution in [0.2, 0.25) is 0 Å². The topological polar surface area (TPSA) is 38.8 Å². The largest absolute Gasteiger partial charge is 0.494 e. The molecule has 1 aliphatic heterocycles. The number of hydrogen-bond acceptors (Lipinski definition) is 6. The van der Waals surface area contributed by atoms with Crippen LogP contribution in [0.3, 0.4) is 0 Å². The maximum atomic E-state index is 12.3. The number of likely N-dealkylation sites (tertiary alicyclic amines) is 1. The van der Waals surface area contributed by atoms with E-state index in [0.717, 1.165) is 56.1 Å². The van der Waals surface area contributed by atoms with Crippen LogP contribution in [0.25, 0.3) is 0 Å². The Balaban J connectivity index is 1.39. The van der Waals surface area contributed by atoms with Crippen LogP contribution in [-0.2, 0) is 16.0 Å². The zero-order valence-electron chi connectivity index (χ0n) is 26.0. The van der Waals surface area contributed by atoms with Crippen molar-refractivity contribution >= 4 is 28.4 Å². The lowest BCUT2D eigenvalue weighted by Gasteiger charge is -2.31. The lowest BCUT2D eigenvalue weighted by Crippen LogP contribution is -2.35. The van der Waals surface area contributed by atoms with E-state index in [1.807, 2.05) is 24.3 Å². The summed E-state index contributed by atoms with van der Waals surface area (Å²) < 4.78 is 11.4. The van der Waals surface area contributed by atoms with Gasteiger partial charge in [0.2, 0.25) is 0 Å². The normalized spacial score (nSPS) is 14.6. The molecule has 0 aromatic heterocycles. The molecule has 41 heavy (non-hydrogen) atoms. The summed E-state index contributed by atoms with van der Waals surface area (Å²) in [5.41, 5.74) is 0.981. The number of esters is 1. The lowest BCUT2D eigenvalue weighted by atomic mass is 9.94. The van der Waals surface area contributed by atoms with Crippen molar-refractivity contribution in [2.24, 2.45) is 5.92 Å². The average Bonchev–Trinajstić information content (AvgIpc) is 2.99. The monoisotopic (exact) mass is 605 g/mol. The number of nitrogens with zero attached hydrogens (tertiary/aromatic N) is 1.